The second kappa shape index (κ2) is 10.2. The Morgan fingerprint density at radius 3 is 2.33 bits per heavy atom. The summed E-state index contributed by atoms with van der Waals surface area (Å²) in [5.41, 5.74) is 1.07. The number of carboxylic acids is 1. The summed E-state index contributed by atoms with van der Waals surface area (Å²) in [5.74, 6) is -1.32. The standard InChI is InChI=1S/C26H27F3N2O5/c1-2-30(22(32)13-14-23(33)34)24-18-5-3-4-6-20(18)31(21-12-11-19(21)24)25(35)36-15-16-7-9-17(10-8-16)26(27,28)29/h3-10,19,21,24H,2,11-15H2,1H3,(H,33,34). The predicted octanol–water partition coefficient (Wildman–Crippen LogP) is 5.40. The molecule has 2 aromatic carbocycles. The second-order valence-corrected chi connectivity index (χ2v) is 9.00. The molecule has 1 fully saturated rings. The zero-order valence-electron chi connectivity index (χ0n) is 19.7. The molecule has 0 saturated heterocycles. The number of rotatable bonds is 7. The summed E-state index contributed by atoms with van der Waals surface area (Å²) in [7, 11) is 0. The number of aliphatic carboxylic acids is 1. The smallest absolute Gasteiger partial charge is 0.416 e. The molecule has 0 radical (unpaired) electrons. The molecule has 2 aliphatic rings. The molecule has 7 nitrogen and oxygen atoms in total. The van der Waals surface area contributed by atoms with Crippen LogP contribution < -0.4 is 4.90 Å². The number of benzene rings is 2. The van der Waals surface area contributed by atoms with Crippen LogP contribution in [-0.4, -0.2) is 40.6 Å². The van der Waals surface area contributed by atoms with Crippen LogP contribution in [-0.2, 0) is 27.1 Å². The van der Waals surface area contributed by atoms with Gasteiger partial charge in [0.05, 0.1) is 23.7 Å². The van der Waals surface area contributed by atoms with Gasteiger partial charge in [0.1, 0.15) is 6.61 Å². The summed E-state index contributed by atoms with van der Waals surface area (Å²) in [5, 5.41) is 8.99. The summed E-state index contributed by atoms with van der Waals surface area (Å²) < 4.78 is 43.9. The number of carbonyl (C=O) groups is 3. The van der Waals surface area contributed by atoms with Gasteiger partial charge < -0.3 is 14.7 Å². The Bertz CT molecular complexity index is 1140. The number of hydrogen-bond acceptors (Lipinski definition) is 4. The molecule has 2 amide bonds. The lowest BCUT2D eigenvalue weighted by atomic mass is 9.68. The molecule has 36 heavy (non-hydrogen) atoms. The van der Waals surface area contributed by atoms with E-state index in [0.29, 0.717) is 24.2 Å². The lowest BCUT2D eigenvalue weighted by molar-refractivity contribution is -0.142. The first kappa shape index (κ1) is 25.5. The van der Waals surface area contributed by atoms with Gasteiger partial charge in [-0.3, -0.25) is 14.5 Å². The van der Waals surface area contributed by atoms with Gasteiger partial charge in [0, 0.05) is 24.9 Å². The molecule has 1 N–H and O–H groups in total. The number of nitrogens with zero attached hydrogens (tertiary/aromatic N) is 2. The number of carbonyl (C=O) groups excluding carboxylic acids is 2. The summed E-state index contributed by atoms with van der Waals surface area (Å²) in [6.07, 6.45) is -3.89. The van der Waals surface area contributed by atoms with Crippen LogP contribution in [0.4, 0.5) is 23.7 Å². The molecule has 1 aliphatic carbocycles. The first-order chi connectivity index (χ1) is 17.1. The van der Waals surface area contributed by atoms with Gasteiger partial charge in [-0.15, -0.1) is 0 Å². The van der Waals surface area contributed by atoms with Gasteiger partial charge in [-0.1, -0.05) is 30.3 Å². The highest BCUT2D eigenvalue weighted by atomic mass is 19.4. The highest BCUT2D eigenvalue weighted by Gasteiger charge is 2.51. The maximum Gasteiger partial charge on any atom is 0.416 e. The molecule has 1 saturated carbocycles. The van der Waals surface area contributed by atoms with Gasteiger partial charge in [-0.25, -0.2) is 4.79 Å². The molecule has 2 aromatic rings. The monoisotopic (exact) mass is 504 g/mol. The van der Waals surface area contributed by atoms with E-state index >= 15 is 0 Å². The zero-order valence-corrected chi connectivity index (χ0v) is 19.7. The fourth-order valence-corrected chi connectivity index (χ4v) is 5.09. The highest BCUT2D eigenvalue weighted by molar-refractivity contribution is 5.91. The van der Waals surface area contributed by atoms with Gasteiger partial charge in [-0.2, -0.15) is 13.2 Å². The Morgan fingerprint density at radius 1 is 1.06 bits per heavy atom. The normalized spacial score (nSPS) is 20.6. The number of halogens is 3. The van der Waals surface area contributed by atoms with Gasteiger partial charge in [0.2, 0.25) is 5.91 Å². The summed E-state index contributed by atoms with van der Waals surface area (Å²) in [6.45, 7) is 2.07. The Morgan fingerprint density at radius 2 is 1.75 bits per heavy atom. The third-order valence-corrected chi connectivity index (χ3v) is 6.93. The van der Waals surface area contributed by atoms with E-state index in [1.54, 1.807) is 21.9 Å². The van der Waals surface area contributed by atoms with Crippen LogP contribution in [0.1, 0.15) is 55.3 Å². The maximum atomic E-state index is 13.2. The van der Waals surface area contributed by atoms with Gasteiger partial charge >= 0.3 is 18.2 Å². The Balaban J connectivity index is 1.54. The van der Waals surface area contributed by atoms with Crippen molar-refractivity contribution in [2.75, 3.05) is 11.4 Å². The second-order valence-electron chi connectivity index (χ2n) is 9.00. The molecule has 3 unspecified atom stereocenters. The number of ether oxygens (including phenoxy) is 1. The van der Waals surface area contributed by atoms with Crippen molar-refractivity contribution >= 4 is 23.7 Å². The topological polar surface area (TPSA) is 87.2 Å². The number of carboxylic acid groups (broad SMARTS) is 1. The van der Waals surface area contributed by atoms with Crippen molar-refractivity contribution in [3.8, 4) is 0 Å². The first-order valence-electron chi connectivity index (χ1n) is 11.8. The number of fused-ring (bicyclic) bond motifs is 2. The van der Waals surface area contributed by atoms with Crippen LogP contribution in [0.3, 0.4) is 0 Å². The first-order valence-corrected chi connectivity index (χ1v) is 11.8. The molecule has 1 heterocycles. The number of anilines is 1. The minimum absolute atomic E-state index is 0.0350. The van der Waals surface area contributed by atoms with Gasteiger partial charge in [0.25, 0.3) is 0 Å². The van der Waals surface area contributed by atoms with Crippen molar-refractivity contribution < 1.29 is 37.4 Å². The number of para-hydroxylation sites is 1. The van der Waals surface area contributed by atoms with Crippen LogP contribution in [0, 0.1) is 5.92 Å². The van der Waals surface area contributed by atoms with Crippen LogP contribution in [0.5, 0.6) is 0 Å². The Hall–Kier alpha value is -3.56. The van der Waals surface area contributed by atoms with Crippen molar-refractivity contribution in [3.05, 3.63) is 65.2 Å². The summed E-state index contributed by atoms with van der Waals surface area (Å²) in [6, 6.07) is 11.2. The van der Waals surface area contributed by atoms with Crippen molar-refractivity contribution in [3.63, 3.8) is 0 Å². The van der Waals surface area contributed by atoms with Crippen molar-refractivity contribution in [1.29, 1.82) is 0 Å². The molecular weight excluding hydrogens is 477 g/mol. The third kappa shape index (κ3) is 5.03. The number of hydrogen-bond donors (Lipinski definition) is 1. The van der Waals surface area contributed by atoms with E-state index in [1.165, 1.54) is 12.1 Å². The lowest BCUT2D eigenvalue weighted by Crippen LogP contribution is -2.59. The van der Waals surface area contributed by atoms with E-state index in [9.17, 15) is 27.6 Å². The van der Waals surface area contributed by atoms with Crippen LogP contribution >= 0.6 is 0 Å². The zero-order chi connectivity index (χ0) is 26.0. The molecule has 10 heteroatoms. The Kier molecular flexibility index (Phi) is 7.23. The van der Waals surface area contributed by atoms with E-state index in [-0.39, 0.29) is 43.4 Å². The molecular formula is C26H27F3N2O5. The van der Waals surface area contributed by atoms with Crippen molar-refractivity contribution in [1.82, 2.24) is 4.90 Å². The van der Waals surface area contributed by atoms with E-state index < -0.39 is 23.8 Å². The molecule has 0 spiro atoms. The number of alkyl halides is 3. The van der Waals surface area contributed by atoms with E-state index in [2.05, 4.69) is 0 Å². The third-order valence-electron chi connectivity index (χ3n) is 6.93. The minimum Gasteiger partial charge on any atom is -0.481 e. The van der Waals surface area contributed by atoms with E-state index in [1.807, 2.05) is 19.1 Å². The summed E-state index contributed by atoms with van der Waals surface area (Å²) in [4.78, 5) is 40.4. The fourth-order valence-electron chi connectivity index (χ4n) is 5.09. The van der Waals surface area contributed by atoms with Crippen LogP contribution in [0.2, 0.25) is 0 Å². The van der Waals surface area contributed by atoms with Gasteiger partial charge in [-0.05, 0) is 49.1 Å². The molecule has 0 bridgehead atoms. The highest BCUT2D eigenvalue weighted by Crippen LogP contribution is 2.52. The SMILES string of the molecule is CCN(C(=O)CCC(=O)O)C1c2ccccc2N(C(=O)OCc2ccc(C(F)(F)F)cc2)C2CCC12. The molecule has 4 rings (SSSR count). The molecule has 3 atom stereocenters. The predicted molar refractivity (Wildman–Crippen MR) is 124 cm³/mol. The Labute approximate surface area is 206 Å². The minimum atomic E-state index is -4.44. The number of amides is 2. The van der Waals surface area contributed by atoms with E-state index in [4.69, 9.17) is 9.84 Å². The molecule has 192 valence electrons. The average Bonchev–Trinajstić information content (AvgIpc) is 2.82. The van der Waals surface area contributed by atoms with E-state index in [0.717, 1.165) is 24.1 Å². The molecule has 0 aromatic heterocycles. The van der Waals surface area contributed by atoms with Crippen molar-refractivity contribution in [2.24, 2.45) is 5.92 Å². The largest absolute Gasteiger partial charge is 0.481 e. The van der Waals surface area contributed by atoms with Gasteiger partial charge in [0.15, 0.2) is 0 Å². The summed E-state index contributed by atoms with van der Waals surface area (Å²) >= 11 is 0. The maximum absolute atomic E-state index is 13.2. The lowest BCUT2D eigenvalue weighted by Gasteiger charge is -2.54. The molecule has 1 aliphatic heterocycles. The fraction of sp³-hybridized carbons (Fsp3) is 0.423. The quantitative estimate of drug-likeness (QED) is 0.546. The van der Waals surface area contributed by atoms with Crippen LogP contribution in [0.15, 0.2) is 48.5 Å². The van der Waals surface area contributed by atoms with Crippen LogP contribution in [0.25, 0.3) is 0 Å². The van der Waals surface area contributed by atoms with Crippen molar-refractivity contribution in [2.45, 2.75) is 57.5 Å². The average molecular weight is 505 g/mol.